The van der Waals surface area contributed by atoms with Crippen LogP contribution in [0.5, 0.6) is 0 Å². The Kier molecular flexibility index (Phi) is 6.24. The number of carbonyl (C=O) groups excluding carboxylic acids is 1. The van der Waals surface area contributed by atoms with E-state index >= 15 is 0 Å². The van der Waals surface area contributed by atoms with Crippen LogP contribution in [0.2, 0.25) is 0 Å². The Morgan fingerprint density at radius 1 is 0.879 bits per heavy atom. The summed E-state index contributed by atoms with van der Waals surface area (Å²) in [6.45, 7) is 0. The van der Waals surface area contributed by atoms with E-state index in [4.69, 9.17) is 4.42 Å². The first-order valence-electron chi connectivity index (χ1n) is 10.2. The standard InChI is InChI=1S/C25H21N2O5P/c1-26(24(28)19-14-16-20(17-15-19)27(29)30)25(23-13-8-18-32-23)33(31,21-9-4-2-5-10-21)22-11-6-3-7-12-22/h2-18,25H,1H3/t25-/m0/s1. The van der Waals surface area contributed by atoms with Crippen LogP contribution in [-0.2, 0) is 4.57 Å². The third-order valence-corrected chi connectivity index (χ3v) is 8.85. The fourth-order valence-corrected chi connectivity index (χ4v) is 7.01. The molecule has 0 N–H and O–H groups in total. The Bertz CT molecular complexity index is 1250. The van der Waals surface area contributed by atoms with E-state index in [1.54, 1.807) is 43.4 Å². The fourth-order valence-electron chi connectivity index (χ4n) is 3.82. The average molecular weight is 460 g/mol. The fraction of sp³-hybridized carbons (Fsp3) is 0.0800. The molecule has 4 aromatic rings. The molecule has 0 saturated heterocycles. The summed E-state index contributed by atoms with van der Waals surface area (Å²) in [6.07, 6.45) is 1.48. The molecule has 0 fully saturated rings. The summed E-state index contributed by atoms with van der Waals surface area (Å²) in [7, 11) is -1.91. The molecule has 8 heteroatoms. The number of rotatable bonds is 7. The first kappa shape index (κ1) is 22.2. The monoisotopic (exact) mass is 460 g/mol. The van der Waals surface area contributed by atoms with E-state index in [0.29, 0.717) is 16.4 Å². The smallest absolute Gasteiger partial charge is 0.269 e. The molecule has 0 aliphatic carbocycles. The van der Waals surface area contributed by atoms with Crippen molar-refractivity contribution in [1.82, 2.24) is 4.90 Å². The first-order chi connectivity index (χ1) is 15.9. The van der Waals surface area contributed by atoms with Gasteiger partial charge in [0.15, 0.2) is 12.9 Å². The second-order valence-corrected chi connectivity index (χ2v) is 10.3. The number of hydrogen-bond acceptors (Lipinski definition) is 5. The quantitative estimate of drug-likeness (QED) is 0.220. The van der Waals surface area contributed by atoms with E-state index in [1.165, 1.54) is 35.4 Å². The zero-order valence-corrected chi connectivity index (χ0v) is 18.7. The van der Waals surface area contributed by atoms with Gasteiger partial charge in [0, 0.05) is 35.4 Å². The highest BCUT2D eigenvalue weighted by Crippen LogP contribution is 2.58. The number of non-ortho nitro benzene ring substituents is 1. The lowest BCUT2D eigenvalue weighted by Gasteiger charge is -2.34. The third-order valence-electron chi connectivity index (χ3n) is 5.43. The minimum Gasteiger partial charge on any atom is -0.467 e. The van der Waals surface area contributed by atoms with Crippen LogP contribution in [0.15, 0.2) is 108 Å². The van der Waals surface area contributed by atoms with Gasteiger partial charge in [0.1, 0.15) is 5.76 Å². The number of furan rings is 1. The number of benzene rings is 3. The zero-order chi connectivity index (χ0) is 23.4. The van der Waals surface area contributed by atoms with E-state index in [0.717, 1.165) is 0 Å². The van der Waals surface area contributed by atoms with Gasteiger partial charge in [0.05, 0.1) is 11.2 Å². The summed E-state index contributed by atoms with van der Waals surface area (Å²) in [5, 5.41) is 12.2. The number of hydrogen-bond donors (Lipinski definition) is 0. The largest absolute Gasteiger partial charge is 0.467 e. The molecule has 7 nitrogen and oxygen atoms in total. The van der Waals surface area contributed by atoms with Gasteiger partial charge in [0.2, 0.25) is 0 Å². The molecular weight excluding hydrogens is 439 g/mol. The molecule has 0 bridgehead atoms. The number of nitrogens with zero attached hydrogens (tertiary/aromatic N) is 2. The molecule has 1 aromatic heterocycles. The van der Waals surface area contributed by atoms with Crippen molar-refractivity contribution in [2.24, 2.45) is 0 Å². The summed E-state index contributed by atoms with van der Waals surface area (Å²) >= 11 is 0. The molecule has 1 heterocycles. The number of amides is 1. The molecule has 1 atom stereocenters. The Morgan fingerprint density at radius 3 is 1.88 bits per heavy atom. The molecule has 3 aromatic carbocycles. The lowest BCUT2D eigenvalue weighted by atomic mass is 10.2. The maximum absolute atomic E-state index is 15.0. The van der Waals surface area contributed by atoms with Gasteiger partial charge in [0.25, 0.3) is 11.6 Å². The molecule has 1 amide bonds. The van der Waals surface area contributed by atoms with E-state index in [1.807, 2.05) is 36.4 Å². The topological polar surface area (TPSA) is 93.7 Å². The first-order valence-corrected chi connectivity index (χ1v) is 12.0. The van der Waals surface area contributed by atoms with Crippen molar-refractivity contribution in [1.29, 1.82) is 0 Å². The summed E-state index contributed by atoms with van der Waals surface area (Å²) in [5.74, 6) is -0.984. The van der Waals surface area contributed by atoms with Crippen LogP contribution in [0.25, 0.3) is 0 Å². The van der Waals surface area contributed by atoms with Gasteiger partial charge in [-0.15, -0.1) is 0 Å². The van der Waals surface area contributed by atoms with Crippen molar-refractivity contribution in [3.63, 3.8) is 0 Å². The normalized spacial score (nSPS) is 12.2. The van der Waals surface area contributed by atoms with E-state index < -0.39 is 23.8 Å². The highest BCUT2D eigenvalue weighted by atomic mass is 31.2. The zero-order valence-electron chi connectivity index (χ0n) is 17.8. The maximum Gasteiger partial charge on any atom is 0.269 e. The van der Waals surface area contributed by atoms with E-state index in [9.17, 15) is 19.5 Å². The highest BCUT2D eigenvalue weighted by Gasteiger charge is 2.43. The summed E-state index contributed by atoms with van der Waals surface area (Å²) in [5.41, 5.74) is 0.128. The van der Waals surface area contributed by atoms with E-state index in [-0.39, 0.29) is 11.3 Å². The van der Waals surface area contributed by atoms with Gasteiger partial charge < -0.3 is 13.9 Å². The van der Waals surface area contributed by atoms with Crippen molar-refractivity contribution in [2.45, 2.75) is 5.78 Å². The van der Waals surface area contributed by atoms with Crippen LogP contribution in [0.1, 0.15) is 21.9 Å². The van der Waals surface area contributed by atoms with Crippen LogP contribution in [0, 0.1) is 10.1 Å². The van der Waals surface area contributed by atoms with Gasteiger partial charge in [-0.2, -0.15) is 0 Å². The molecule has 4 rings (SSSR count). The van der Waals surface area contributed by atoms with Crippen molar-refractivity contribution in [3.05, 3.63) is 125 Å². The van der Waals surface area contributed by atoms with Crippen LogP contribution >= 0.6 is 7.14 Å². The maximum atomic E-state index is 15.0. The van der Waals surface area contributed by atoms with Crippen LogP contribution in [0.3, 0.4) is 0 Å². The Balaban J connectivity index is 1.86. The van der Waals surface area contributed by atoms with Crippen LogP contribution in [-0.4, -0.2) is 22.8 Å². The van der Waals surface area contributed by atoms with Crippen molar-refractivity contribution in [3.8, 4) is 0 Å². The minimum atomic E-state index is -3.48. The Labute approximate surface area is 190 Å². The van der Waals surface area contributed by atoms with Crippen LogP contribution in [0.4, 0.5) is 5.69 Å². The van der Waals surface area contributed by atoms with Gasteiger partial charge in [-0.3, -0.25) is 14.9 Å². The average Bonchev–Trinajstić information content (AvgIpc) is 3.39. The van der Waals surface area contributed by atoms with Gasteiger partial charge >= 0.3 is 0 Å². The lowest BCUT2D eigenvalue weighted by molar-refractivity contribution is -0.384. The van der Waals surface area contributed by atoms with Crippen molar-refractivity contribution < 1.29 is 18.7 Å². The SMILES string of the molecule is CN(C(=O)c1ccc([N+](=O)[O-])cc1)[C@H](c1ccco1)P(=O)(c1ccccc1)c1ccccc1. The number of carbonyl (C=O) groups is 1. The second-order valence-electron chi connectivity index (χ2n) is 7.44. The molecule has 166 valence electrons. The summed E-state index contributed by atoms with van der Waals surface area (Å²) in [4.78, 5) is 25.3. The van der Waals surface area contributed by atoms with Gasteiger partial charge in [-0.1, -0.05) is 60.7 Å². The minimum absolute atomic E-state index is 0.115. The molecule has 0 aliphatic rings. The predicted octanol–water partition coefficient (Wildman–Crippen LogP) is 4.97. The van der Waals surface area contributed by atoms with Crippen molar-refractivity contribution >= 4 is 29.3 Å². The summed E-state index contributed by atoms with van der Waals surface area (Å²) < 4.78 is 20.7. The van der Waals surface area contributed by atoms with Crippen molar-refractivity contribution in [2.75, 3.05) is 7.05 Å². The third kappa shape index (κ3) is 4.23. The number of nitro benzene ring substituents is 1. The second kappa shape index (κ2) is 9.27. The van der Waals surface area contributed by atoms with Crippen LogP contribution < -0.4 is 10.6 Å². The van der Waals surface area contributed by atoms with Gasteiger partial charge in [-0.05, 0) is 24.3 Å². The predicted molar refractivity (Wildman–Crippen MR) is 126 cm³/mol. The van der Waals surface area contributed by atoms with E-state index in [2.05, 4.69) is 0 Å². The molecule has 33 heavy (non-hydrogen) atoms. The summed E-state index contributed by atoms with van der Waals surface area (Å²) in [6, 6.07) is 26.8. The Morgan fingerprint density at radius 2 is 1.42 bits per heavy atom. The molecule has 0 saturated carbocycles. The molecule has 0 aliphatic heterocycles. The molecular formula is C25H21N2O5P. The number of nitro groups is 1. The van der Waals surface area contributed by atoms with Gasteiger partial charge in [-0.25, -0.2) is 0 Å². The highest BCUT2D eigenvalue weighted by molar-refractivity contribution is 7.79. The molecule has 0 unspecified atom stereocenters. The lowest BCUT2D eigenvalue weighted by Crippen LogP contribution is -2.36. The molecule has 0 radical (unpaired) electrons. The molecule has 0 spiro atoms. The Hall–Kier alpha value is -3.96.